The number of rotatable bonds is 13. The molecule has 0 aliphatic carbocycles. The molecule has 0 aliphatic rings. The second-order valence-corrected chi connectivity index (χ2v) is 11.8. The number of anilines is 1. The number of sulfonamides is 1. The van der Waals surface area contributed by atoms with Gasteiger partial charge in [-0.2, -0.15) is 0 Å². The van der Waals surface area contributed by atoms with E-state index < -0.39 is 40.2 Å². The zero-order valence-corrected chi connectivity index (χ0v) is 24.8. The highest BCUT2D eigenvalue weighted by atomic mass is 32.2. The zero-order valence-electron chi connectivity index (χ0n) is 24.0. The lowest BCUT2D eigenvalue weighted by atomic mass is 10.0. The molecule has 0 radical (unpaired) electrons. The number of carbonyl (C=O) groups is 2. The van der Waals surface area contributed by atoms with Gasteiger partial charge in [-0.3, -0.25) is 13.9 Å². The topological polar surface area (TPSA) is 96.0 Å². The van der Waals surface area contributed by atoms with Gasteiger partial charge in [-0.15, -0.1) is 0 Å². The molecule has 1 unspecified atom stereocenters. The van der Waals surface area contributed by atoms with Crippen molar-refractivity contribution in [3.05, 3.63) is 126 Å². The molecular formula is C33H34FN3O5S. The molecule has 1 atom stereocenters. The lowest BCUT2D eigenvalue weighted by molar-refractivity contribution is -0.140. The summed E-state index contributed by atoms with van der Waals surface area (Å²) in [6.45, 7) is 1.24. The summed E-state index contributed by atoms with van der Waals surface area (Å²) >= 11 is 0. The van der Waals surface area contributed by atoms with Gasteiger partial charge in [0.1, 0.15) is 29.9 Å². The molecule has 0 aromatic heterocycles. The van der Waals surface area contributed by atoms with Crippen molar-refractivity contribution < 1.29 is 27.1 Å². The molecule has 4 aromatic rings. The summed E-state index contributed by atoms with van der Waals surface area (Å²) in [6.07, 6.45) is 1.15. The number of nitrogens with one attached hydrogen (secondary N) is 1. The van der Waals surface area contributed by atoms with Crippen LogP contribution in [-0.2, 0) is 32.6 Å². The molecule has 0 aliphatic heterocycles. The van der Waals surface area contributed by atoms with Gasteiger partial charge in [-0.25, -0.2) is 12.8 Å². The minimum Gasteiger partial charge on any atom is -0.457 e. The number of para-hydroxylation sites is 1. The van der Waals surface area contributed by atoms with Gasteiger partial charge in [0.2, 0.25) is 21.8 Å². The van der Waals surface area contributed by atoms with Crippen molar-refractivity contribution >= 4 is 27.5 Å². The first kappa shape index (κ1) is 31.2. The minimum atomic E-state index is -3.94. The van der Waals surface area contributed by atoms with Crippen LogP contribution in [0, 0.1) is 5.82 Å². The van der Waals surface area contributed by atoms with E-state index in [9.17, 15) is 22.4 Å². The monoisotopic (exact) mass is 603 g/mol. The highest BCUT2D eigenvalue weighted by Gasteiger charge is 2.33. The Morgan fingerprint density at radius 3 is 2.02 bits per heavy atom. The molecular weight excluding hydrogens is 569 g/mol. The van der Waals surface area contributed by atoms with Gasteiger partial charge < -0.3 is 15.0 Å². The third-order valence-corrected chi connectivity index (χ3v) is 7.84. The quantitative estimate of drug-likeness (QED) is 0.228. The van der Waals surface area contributed by atoms with Crippen LogP contribution in [0.3, 0.4) is 0 Å². The number of benzene rings is 4. The molecule has 10 heteroatoms. The number of carbonyl (C=O) groups excluding carboxylic acids is 2. The lowest BCUT2D eigenvalue weighted by Crippen LogP contribution is -2.53. The van der Waals surface area contributed by atoms with Crippen LogP contribution in [0.1, 0.15) is 18.1 Å². The molecule has 0 heterocycles. The van der Waals surface area contributed by atoms with E-state index in [2.05, 4.69) is 5.32 Å². The summed E-state index contributed by atoms with van der Waals surface area (Å²) in [4.78, 5) is 28.6. The van der Waals surface area contributed by atoms with Crippen LogP contribution in [0.5, 0.6) is 11.5 Å². The molecule has 0 saturated carbocycles. The number of nitrogens with zero attached hydrogens (tertiary/aromatic N) is 2. The Morgan fingerprint density at radius 1 is 0.837 bits per heavy atom. The number of ether oxygens (including phenoxy) is 1. The fraction of sp³-hybridized carbons (Fsp3) is 0.212. The largest absolute Gasteiger partial charge is 0.457 e. The van der Waals surface area contributed by atoms with E-state index in [1.165, 1.54) is 23.1 Å². The number of halogens is 1. The SMILES string of the molecule is CCNC(=O)C(Cc1ccccc1)N(Cc1ccccc1F)C(=O)CN(c1ccc(Oc2ccccc2)cc1)S(C)(=O)=O. The maximum atomic E-state index is 14.8. The predicted molar refractivity (Wildman–Crippen MR) is 165 cm³/mol. The van der Waals surface area contributed by atoms with Gasteiger partial charge in [0.05, 0.1) is 11.9 Å². The second-order valence-electron chi connectivity index (χ2n) is 9.89. The van der Waals surface area contributed by atoms with Crippen LogP contribution in [-0.4, -0.2) is 50.5 Å². The summed E-state index contributed by atoms with van der Waals surface area (Å²) in [5.74, 6) is -0.530. The minimum absolute atomic E-state index is 0.150. The molecule has 2 amide bonds. The summed E-state index contributed by atoms with van der Waals surface area (Å²) < 4.78 is 47.5. The van der Waals surface area contributed by atoms with Crippen LogP contribution in [0.15, 0.2) is 109 Å². The smallest absolute Gasteiger partial charge is 0.244 e. The van der Waals surface area contributed by atoms with Crippen molar-refractivity contribution in [1.82, 2.24) is 10.2 Å². The van der Waals surface area contributed by atoms with Crippen LogP contribution >= 0.6 is 0 Å². The molecule has 0 fully saturated rings. The van der Waals surface area contributed by atoms with Crippen molar-refractivity contribution in [1.29, 1.82) is 0 Å². The van der Waals surface area contributed by atoms with Crippen molar-refractivity contribution in [3.63, 3.8) is 0 Å². The van der Waals surface area contributed by atoms with E-state index in [4.69, 9.17) is 4.74 Å². The molecule has 0 spiro atoms. The van der Waals surface area contributed by atoms with E-state index in [0.717, 1.165) is 16.1 Å². The first-order chi connectivity index (χ1) is 20.7. The van der Waals surface area contributed by atoms with Crippen molar-refractivity contribution in [2.75, 3.05) is 23.7 Å². The van der Waals surface area contributed by atoms with E-state index in [-0.39, 0.29) is 24.2 Å². The second kappa shape index (κ2) is 14.5. The van der Waals surface area contributed by atoms with E-state index in [1.54, 1.807) is 49.4 Å². The van der Waals surface area contributed by atoms with Crippen LogP contribution < -0.4 is 14.4 Å². The van der Waals surface area contributed by atoms with E-state index >= 15 is 0 Å². The van der Waals surface area contributed by atoms with E-state index in [1.807, 2.05) is 48.5 Å². The summed E-state index contributed by atoms with van der Waals surface area (Å²) in [5.41, 5.74) is 1.23. The van der Waals surface area contributed by atoms with Gasteiger partial charge in [0.15, 0.2) is 0 Å². The highest BCUT2D eigenvalue weighted by Crippen LogP contribution is 2.26. The Morgan fingerprint density at radius 2 is 1.42 bits per heavy atom. The molecule has 0 bridgehead atoms. The molecule has 0 saturated heterocycles. The normalized spacial score (nSPS) is 11.8. The molecule has 43 heavy (non-hydrogen) atoms. The average Bonchev–Trinajstić information content (AvgIpc) is 2.99. The Kier molecular flexibility index (Phi) is 10.5. The highest BCUT2D eigenvalue weighted by molar-refractivity contribution is 7.92. The summed E-state index contributed by atoms with van der Waals surface area (Å²) in [5, 5.41) is 2.77. The molecule has 1 N–H and O–H groups in total. The number of likely N-dealkylation sites (N-methyl/N-ethyl adjacent to an activating group) is 1. The Hall–Kier alpha value is -4.70. The van der Waals surface area contributed by atoms with Gasteiger partial charge in [0.25, 0.3) is 0 Å². The maximum absolute atomic E-state index is 14.8. The molecule has 8 nitrogen and oxygen atoms in total. The van der Waals surface area contributed by atoms with Gasteiger partial charge in [-0.1, -0.05) is 66.7 Å². The zero-order chi connectivity index (χ0) is 30.8. The third-order valence-electron chi connectivity index (χ3n) is 6.70. The summed E-state index contributed by atoms with van der Waals surface area (Å²) in [6, 6.07) is 29.5. The first-order valence-electron chi connectivity index (χ1n) is 13.8. The van der Waals surface area contributed by atoms with E-state index in [0.29, 0.717) is 18.0 Å². The first-order valence-corrected chi connectivity index (χ1v) is 15.7. The molecule has 4 aromatic carbocycles. The Balaban J connectivity index is 1.67. The predicted octanol–water partition coefficient (Wildman–Crippen LogP) is 5.16. The van der Waals surface area contributed by atoms with Gasteiger partial charge in [0, 0.05) is 25.1 Å². The average molecular weight is 604 g/mol. The Bertz CT molecular complexity index is 1620. The number of hydrogen-bond donors (Lipinski definition) is 1. The van der Waals surface area contributed by atoms with Crippen molar-refractivity contribution in [3.8, 4) is 11.5 Å². The standard InChI is InChI=1S/C33H34FN3O5S/c1-3-35-33(39)31(22-25-12-6-4-7-13-25)36(23-26-14-10-11-17-30(26)34)32(38)24-37(43(2,40)41)27-18-20-29(21-19-27)42-28-15-8-5-9-16-28/h4-21,31H,3,22-24H2,1-2H3,(H,35,39). The van der Waals surface area contributed by atoms with Crippen LogP contribution in [0.4, 0.5) is 10.1 Å². The van der Waals surface area contributed by atoms with Gasteiger partial charge in [-0.05, 0) is 55.0 Å². The fourth-order valence-corrected chi connectivity index (χ4v) is 5.42. The Labute approximate surface area is 251 Å². The fourth-order valence-electron chi connectivity index (χ4n) is 4.57. The van der Waals surface area contributed by atoms with Crippen molar-refractivity contribution in [2.45, 2.75) is 25.9 Å². The molecule has 4 rings (SSSR count). The van der Waals surface area contributed by atoms with Gasteiger partial charge >= 0.3 is 0 Å². The number of hydrogen-bond acceptors (Lipinski definition) is 5. The van der Waals surface area contributed by atoms with Crippen LogP contribution in [0.2, 0.25) is 0 Å². The lowest BCUT2D eigenvalue weighted by Gasteiger charge is -2.33. The third kappa shape index (κ3) is 8.65. The van der Waals surface area contributed by atoms with Crippen molar-refractivity contribution in [2.24, 2.45) is 0 Å². The summed E-state index contributed by atoms with van der Waals surface area (Å²) in [7, 11) is -3.94. The number of amides is 2. The maximum Gasteiger partial charge on any atom is 0.244 e. The van der Waals surface area contributed by atoms with Crippen LogP contribution in [0.25, 0.3) is 0 Å². The molecule has 224 valence electrons.